The van der Waals surface area contributed by atoms with Gasteiger partial charge in [-0.15, -0.1) is 0 Å². The van der Waals surface area contributed by atoms with E-state index in [0.717, 1.165) is 43.3 Å². The van der Waals surface area contributed by atoms with Crippen molar-refractivity contribution in [3.05, 3.63) is 47.1 Å². The predicted octanol–water partition coefficient (Wildman–Crippen LogP) is 5.72. The van der Waals surface area contributed by atoms with Gasteiger partial charge in [-0.25, -0.2) is 0 Å². The standard InChI is InChI=1S/C21H30O2/c1-16(2)14-18(4)7-5-6-17(3)10-12-22-20-9-8-19-11-13-23-21(19)15-20/h7-10,15-16H,5-6,11-14H2,1-4H3. The van der Waals surface area contributed by atoms with Crippen LogP contribution in [0.25, 0.3) is 0 Å². The third kappa shape index (κ3) is 6.13. The van der Waals surface area contributed by atoms with Gasteiger partial charge in [-0.05, 0) is 56.7 Å². The summed E-state index contributed by atoms with van der Waals surface area (Å²) in [5.74, 6) is 2.61. The van der Waals surface area contributed by atoms with Crippen LogP contribution >= 0.6 is 0 Å². The molecule has 0 aliphatic carbocycles. The lowest BCUT2D eigenvalue weighted by Crippen LogP contribution is -1.95. The van der Waals surface area contributed by atoms with Gasteiger partial charge in [0.05, 0.1) is 6.61 Å². The summed E-state index contributed by atoms with van der Waals surface area (Å²) >= 11 is 0. The van der Waals surface area contributed by atoms with Gasteiger partial charge in [-0.2, -0.15) is 0 Å². The highest BCUT2D eigenvalue weighted by Gasteiger charge is 2.12. The Labute approximate surface area is 141 Å². The van der Waals surface area contributed by atoms with Gasteiger partial charge >= 0.3 is 0 Å². The third-order valence-electron chi connectivity index (χ3n) is 4.11. The first-order valence-electron chi connectivity index (χ1n) is 8.74. The summed E-state index contributed by atoms with van der Waals surface area (Å²) < 4.78 is 11.4. The Bertz CT molecular complexity index is 567. The van der Waals surface area contributed by atoms with E-state index >= 15 is 0 Å². The third-order valence-corrected chi connectivity index (χ3v) is 4.11. The lowest BCUT2D eigenvalue weighted by atomic mass is 10.0. The number of rotatable bonds is 8. The van der Waals surface area contributed by atoms with E-state index in [4.69, 9.17) is 9.47 Å². The lowest BCUT2D eigenvalue weighted by Gasteiger charge is -2.07. The van der Waals surface area contributed by atoms with E-state index in [2.05, 4.69) is 45.9 Å². The summed E-state index contributed by atoms with van der Waals surface area (Å²) in [4.78, 5) is 0. The van der Waals surface area contributed by atoms with Crippen LogP contribution < -0.4 is 9.47 Å². The van der Waals surface area contributed by atoms with E-state index in [1.807, 2.05) is 12.1 Å². The number of fused-ring (bicyclic) bond motifs is 1. The van der Waals surface area contributed by atoms with Crippen molar-refractivity contribution < 1.29 is 9.47 Å². The quantitative estimate of drug-likeness (QED) is 0.571. The predicted molar refractivity (Wildman–Crippen MR) is 97.3 cm³/mol. The Hall–Kier alpha value is -1.70. The Morgan fingerprint density at radius 2 is 2.04 bits per heavy atom. The summed E-state index contributed by atoms with van der Waals surface area (Å²) in [6, 6.07) is 6.15. The van der Waals surface area contributed by atoms with Crippen LogP contribution in [0.2, 0.25) is 0 Å². The van der Waals surface area contributed by atoms with Crippen molar-refractivity contribution in [3.8, 4) is 11.5 Å². The number of benzene rings is 1. The molecular formula is C21H30O2. The van der Waals surface area contributed by atoms with Gasteiger partial charge in [-0.1, -0.05) is 37.1 Å². The lowest BCUT2D eigenvalue weighted by molar-refractivity contribution is 0.343. The van der Waals surface area contributed by atoms with Crippen molar-refractivity contribution in [2.45, 2.75) is 53.4 Å². The Balaban J connectivity index is 1.72. The molecule has 0 N–H and O–H groups in total. The van der Waals surface area contributed by atoms with Gasteiger partial charge in [0, 0.05) is 12.5 Å². The van der Waals surface area contributed by atoms with Gasteiger partial charge in [0.15, 0.2) is 0 Å². The first kappa shape index (κ1) is 17.7. The van der Waals surface area contributed by atoms with Crippen LogP contribution in [0.5, 0.6) is 11.5 Å². The fourth-order valence-corrected chi connectivity index (χ4v) is 2.89. The van der Waals surface area contributed by atoms with Crippen LogP contribution in [0.1, 0.15) is 52.5 Å². The minimum Gasteiger partial charge on any atom is -0.493 e. The van der Waals surface area contributed by atoms with Crippen molar-refractivity contribution in [2.24, 2.45) is 5.92 Å². The molecule has 2 nitrogen and oxygen atoms in total. The minimum atomic E-state index is 0.624. The summed E-state index contributed by atoms with van der Waals surface area (Å²) in [6.07, 6.45) is 8.99. The van der Waals surface area contributed by atoms with E-state index < -0.39 is 0 Å². The summed E-state index contributed by atoms with van der Waals surface area (Å²) in [7, 11) is 0. The van der Waals surface area contributed by atoms with E-state index in [0.29, 0.717) is 6.61 Å². The number of hydrogen-bond acceptors (Lipinski definition) is 2. The molecule has 0 amide bonds. The van der Waals surface area contributed by atoms with Gasteiger partial charge < -0.3 is 9.47 Å². The SMILES string of the molecule is CC(=CCOc1ccc2c(c1)OCC2)CCC=C(C)CC(C)C. The summed E-state index contributed by atoms with van der Waals surface area (Å²) in [5, 5.41) is 0. The average molecular weight is 314 g/mol. The molecule has 0 saturated carbocycles. The molecule has 1 aromatic carbocycles. The Morgan fingerprint density at radius 3 is 2.83 bits per heavy atom. The fourth-order valence-electron chi connectivity index (χ4n) is 2.89. The first-order valence-corrected chi connectivity index (χ1v) is 8.74. The van der Waals surface area contributed by atoms with Crippen LogP contribution in [0, 0.1) is 5.92 Å². The second kappa shape index (κ2) is 8.81. The molecule has 0 bridgehead atoms. The van der Waals surface area contributed by atoms with Crippen LogP contribution in [0.15, 0.2) is 41.5 Å². The molecule has 0 saturated heterocycles. The normalized spacial score (nSPS) is 14.8. The Kier molecular flexibility index (Phi) is 6.76. The molecule has 2 heteroatoms. The largest absolute Gasteiger partial charge is 0.493 e. The molecular weight excluding hydrogens is 284 g/mol. The molecule has 1 aromatic rings. The van der Waals surface area contributed by atoms with Crippen molar-refractivity contribution in [3.63, 3.8) is 0 Å². The fraction of sp³-hybridized carbons (Fsp3) is 0.524. The minimum absolute atomic E-state index is 0.624. The molecule has 1 aliphatic rings. The zero-order valence-corrected chi connectivity index (χ0v) is 15.0. The van der Waals surface area contributed by atoms with E-state index in [9.17, 15) is 0 Å². The van der Waals surface area contributed by atoms with Gasteiger partial charge in [-0.3, -0.25) is 0 Å². The second-order valence-corrected chi connectivity index (χ2v) is 6.92. The number of ether oxygens (including phenoxy) is 2. The van der Waals surface area contributed by atoms with Crippen molar-refractivity contribution in [1.82, 2.24) is 0 Å². The van der Waals surface area contributed by atoms with Gasteiger partial charge in [0.25, 0.3) is 0 Å². The highest BCUT2D eigenvalue weighted by Crippen LogP contribution is 2.29. The molecule has 0 aromatic heterocycles. The van der Waals surface area contributed by atoms with Gasteiger partial charge in [0.1, 0.15) is 18.1 Å². The zero-order chi connectivity index (χ0) is 16.7. The van der Waals surface area contributed by atoms with E-state index in [-0.39, 0.29) is 0 Å². The topological polar surface area (TPSA) is 18.5 Å². The molecule has 0 unspecified atom stereocenters. The highest BCUT2D eigenvalue weighted by atomic mass is 16.5. The average Bonchev–Trinajstić information content (AvgIpc) is 2.94. The molecule has 2 rings (SSSR count). The number of allylic oxidation sites excluding steroid dienone is 3. The highest BCUT2D eigenvalue weighted by molar-refractivity contribution is 5.42. The monoisotopic (exact) mass is 314 g/mol. The van der Waals surface area contributed by atoms with Crippen molar-refractivity contribution in [2.75, 3.05) is 13.2 Å². The Morgan fingerprint density at radius 1 is 1.22 bits per heavy atom. The molecule has 0 spiro atoms. The maximum atomic E-state index is 5.81. The van der Waals surface area contributed by atoms with Crippen LogP contribution in [0.4, 0.5) is 0 Å². The van der Waals surface area contributed by atoms with Crippen LogP contribution in [-0.4, -0.2) is 13.2 Å². The molecule has 23 heavy (non-hydrogen) atoms. The van der Waals surface area contributed by atoms with Crippen molar-refractivity contribution in [1.29, 1.82) is 0 Å². The maximum Gasteiger partial charge on any atom is 0.126 e. The smallest absolute Gasteiger partial charge is 0.126 e. The zero-order valence-electron chi connectivity index (χ0n) is 15.0. The first-order chi connectivity index (χ1) is 11.0. The summed E-state index contributed by atoms with van der Waals surface area (Å²) in [5.41, 5.74) is 4.17. The van der Waals surface area contributed by atoms with E-state index in [1.165, 1.54) is 23.1 Å². The molecule has 0 radical (unpaired) electrons. The molecule has 0 atom stereocenters. The number of hydrogen-bond donors (Lipinski definition) is 0. The van der Waals surface area contributed by atoms with E-state index in [1.54, 1.807) is 0 Å². The molecule has 1 heterocycles. The maximum absolute atomic E-state index is 5.81. The second-order valence-electron chi connectivity index (χ2n) is 6.92. The molecule has 1 aliphatic heterocycles. The van der Waals surface area contributed by atoms with Crippen LogP contribution in [-0.2, 0) is 6.42 Å². The molecule has 126 valence electrons. The van der Waals surface area contributed by atoms with Gasteiger partial charge in [0.2, 0.25) is 0 Å². The van der Waals surface area contributed by atoms with Crippen molar-refractivity contribution >= 4 is 0 Å². The van der Waals surface area contributed by atoms with Crippen LogP contribution in [0.3, 0.4) is 0 Å². The molecule has 0 fully saturated rings. The summed E-state index contributed by atoms with van der Waals surface area (Å²) in [6.45, 7) is 10.4.